The lowest BCUT2D eigenvalue weighted by Crippen LogP contribution is -2.61. The van der Waals surface area contributed by atoms with Gasteiger partial charge in [-0.2, -0.15) is 0 Å². The molecule has 138 valence electrons. The Morgan fingerprint density at radius 3 is 2.17 bits per heavy atom. The fraction of sp³-hybridized carbons (Fsp3) is 1.00. The Labute approximate surface area is 144 Å². The molecule has 23 heavy (non-hydrogen) atoms. The van der Waals surface area contributed by atoms with Crippen molar-refractivity contribution >= 4 is 0 Å². The Morgan fingerprint density at radius 2 is 1.65 bits per heavy atom. The van der Waals surface area contributed by atoms with Crippen molar-refractivity contribution in [2.24, 2.45) is 17.4 Å². The van der Waals surface area contributed by atoms with Gasteiger partial charge >= 0.3 is 0 Å². The van der Waals surface area contributed by atoms with Crippen molar-refractivity contribution < 1.29 is 0 Å². The van der Waals surface area contributed by atoms with E-state index in [1.807, 2.05) is 0 Å². The van der Waals surface area contributed by atoms with Crippen LogP contribution in [-0.4, -0.2) is 29.8 Å². The maximum atomic E-state index is 6.37. The quantitative estimate of drug-likeness (QED) is 0.367. The SMILES string of the molecule is CCCC(NC(N)CCCCCN)C1CC(C)(C)NC(C)(C)C1. The minimum absolute atomic E-state index is 0.116. The van der Waals surface area contributed by atoms with E-state index in [1.165, 1.54) is 38.5 Å². The molecule has 1 aliphatic heterocycles. The maximum absolute atomic E-state index is 6.37. The molecule has 0 radical (unpaired) electrons. The topological polar surface area (TPSA) is 76.1 Å². The van der Waals surface area contributed by atoms with Crippen LogP contribution in [0.5, 0.6) is 0 Å². The van der Waals surface area contributed by atoms with Crippen molar-refractivity contribution in [1.29, 1.82) is 0 Å². The molecule has 0 aromatic carbocycles. The summed E-state index contributed by atoms with van der Waals surface area (Å²) in [6, 6.07) is 0.533. The van der Waals surface area contributed by atoms with Crippen molar-refractivity contribution in [1.82, 2.24) is 10.6 Å². The standard InChI is InChI=1S/C19H42N4/c1-6-10-16(22-17(21)11-8-7-9-12-20)15-13-18(2,3)23-19(4,5)14-15/h15-17,22-23H,6-14,20-21H2,1-5H3. The monoisotopic (exact) mass is 326 g/mol. The van der Waals surface area contributed by atoms with Gasteiger partial charge in [0.2, 0.25) is 0 Å². The van der Waals surface area contributed by atoms with Gasteiger partial charge in [0.05, 0.1) is 6.17 Å². The van der Waals surface area contributed by atoms with Gasteiger partial charge in [-0.3, -0.25) is 5.32 Å². The van der Waals surface area contributed by atoms with Crippen molar-refractivity contribution in [3.05, 3.63) is 0 Å². The Bertz CT molecular complexity index is 311. The van der Waals surface area contributed by atoms with E-state index in [-0.39, 0.29) is 17.2 Å². The van der Waals surface area contributed by atoms with Gasteiger partial charge in [-0.15, -0.1) is 0 Å². The lowest BCUT2D eigenvalue weighted by molar-refractivity contribution is 0.0969. The first-order valence-corrected chi connectivity index (χ1v) is 9.70. The van der Waals surface area contributed by atoms with E-state index in [1.54, 1.807) is 0 Å². The average molecular weight is 327 g/mol. The summed E-state index contributed by atoms with van der Waals surface area (Å²) in [5.74, 6) is 0.691. The zero-order valence-corrected chi connectivity index (χ0v) is 16.3. The molecule has 1 saturated heterocycles. The molecule has 4 heteroatoms. The molecule has 1 heterocycles. The van der Waals surface area contributed by atoms with Crippen LogP contribution in [0, 0.1) is 5.92 Å². The number of rotatable bonds is 10. The Kier molecular flexibility index (Phi) is 8.50. The molecule has 0 spiro atoms. The van der Waals surface area contributed by atoms with Crippen LogP contribution in [-0.2, 0) is 0 Å². The van der Waals surface area contributed by atoms with E-state index in [2.05, 4.69) is 45.3 Å². The van der Waals surface area contributed by atoms with Crippen LogP contribution in [0.15, 0.2) is 0 Å². The second-order valence-electron chi connectivity index (χ2n) is 8.87. The first-order chi connectivity index (χ1) is 10.7. The van der Waals surface area contributed by atoms with Crippen LogP contribution in [0.4, 0.5) is 0 Å². The molecule has 0 aliphatic carbocycles. The number of unbranched alkanes of at least 4 members (excludes halogenated alkanes) is 2. The van der Waals surface area contributed by atoms with Crippen molar-refractivity contribution in [3.8, 4) is 0 Å². The van der Waals surface area contributed by atoms with Crippen LogP contribution in [0.1, 0.15) is 86.0 Å². The minimum Gasteiger partial charge on any atom is -0.330 e. The highest BCUT2D eigenvalue weighted by Gasteiger charge is 2.40. The van der Waals surface area contributed by atoms with Gasteiger partial charge in [0.15, 0.2) is 0 Å². The summed E-state index contributed by atoms with van der Waals surface area (Å²) >= 11 is 0. The maximum Gasteiger partial charge on any atom is 0.0548 e. The van der Waals surface area contributed by atoms with E-state index in [0.717, 1.165) is 19.4 Å². The average Bonchev–Trinajstić information content (AvgIpc) is 2.40. The first kappa shape index (κ1) is 20.9. The molecule has 4 nitrogen and oxygen atoms in total. The lowest BCUT2D eigenvalue weighted by Gasteiger charge is -2.49. The van der Waals surface area contributed by atoms with Crippen LogP contribution in [0.25, 0.3) is 0 Å². The van der Waals surface area contributed by atoms with E-state index >= 15 is 0 Å². The molecule has 0 amide bonds. The Hall–Kier alpha value is -0.160. The molecule has 0 aromatic heterocycles. The normalized spacial score (nSPS) is 23.6. The summed E-state index contributed by atoms with van der Waals surface area (Å²) in [5, 5.41) is 7.55. The number of nitrogens with one attached hydrogen (secondary N) is 2. The molecule has 1 fully saturated rings. The van der Waals surface area contributed by atoms with Crippen LogP contribution >= 0.6 is 0 Å². The van der Waals surface area contributed by atoms with Gasteiger partial charge in [-0.25, -0.2) is 0 Å². The van der Waals surface area contributed by atoms with E-state index in [9.17, 15) is 0 Å². The number of piperidine rings is 1. The molecule has 0 bridgehead atoms. The summed E-state index contributed by atoms with van der Waals surface area (Å²) in [4.78, 5) is 0. The zero-order valence-electron chi connectivity index (χ0n) is 16.3. The van der Waals surface area contributed by atoms with E-state index in [4.69, 9.17) is 11.5 Å². The van der Waals surface area contributed by atoms with Gasteiger partial charge in [-0.05, 0) is 72.3 Å². The minimum atomic E-state index is 0.116. The molecule has 1 rings (SSSR count). The van der Waals surface area contributed by atoms with E-state index < -0.39 is 0 Å². The molecule has 0 saturated carbocycles. The summed E-state index contributed by atoms with van der Waals surface area (Å²) in [7, 11) is 0. The second-order valence-corrected chi connectivity index (χ2v) is 8.87. The van der Waals surface area contributed by atoms with Gasteiger partial charge < -0.3 is 16.8 Å². The van der Waals surface area contributed by atoms with Crippen molar-refractivity contribution in [2.75, 3.05) is 6.54 Å². The summed E-state index contributed by atoms with van der Waals surface area (Å²) < 4.78 is 0. The van der Waals surface area contributed by atoms with Gasteiger partial charge in [0.1, 0.15) is 0 Å². The molecular formula is C19H42N4. The predicted molar refractivity (Wildman–Crippen MR) is 101 cm³/mol. The number of hydrogen-bond acceptors (Lipinski definition) is 4. The van der Waals surface area contributed by atoms with Crippen LogP contribution < -0.4 is 22.1 Å². The first-order valence-electron chi connectivity index (χ1n) is 9.70. The Balaban J connectivity index is 2.58. The summed E-state index contributed by atoms with van der Waals surface area (Å²) in [6.07, 6.45) is 9.51. The van der Waals surface area contributed by atoms with E-state index in [0.29, 0.717) is 12.0 Å². The third kappa shape index (κ3) is 7.97. The highest BCUT2D eigenvalue weighted by molar-refractivity contribution is 5.00. The highest BCUT2D eigenvalue weighted by atomic mass is 15.1. The highest BCUT2D eigenvalue weighted by Crippen LogP contribution is 2.35. The van der Waals surface area contributed by atoms with Gasteiger partial charge in [-0.1, -0.05) is 26.2 Å². The number of nitrogens with two attached hydrogens (primary N) is 2. The third-order valence-electron chi connectivity index (χ3n) is 5.04. The molecule has 0 aromatic rings. The zero-order chi connectivity index (χ0) is 17.5. The molecule has 2 atom stereocenters. The molecule has 2 unspecified atom stereocenters. The van der Waals surface area contributed by atoms with Crippen LogP contribution in [0.3, 0.4) is 0 Å². The van der Waals surface area contributed by atoms with Crippen LogP contribution in [0.2, 0.25) is 0 Å². The lowest BCUT2D eigenvalue weighted by atomic mass is 9.72. The largest absolute Gasteiger partial charge is 0.330 e. The second kappa shape index (κ2) is 9.36. The fourth-order valence-corrected chi connectivity index (χ4v) is 4.50. The fourth-order valence-electron chi connectivity index (χ4n) is 4.50. The predicted octanol–water partition coefficient (Wildman–Crippen LogP) is 3.11. The summed E-state index contributed by atoms with van der Waals surface area (Å²) in [6.45, 7) is 12.4. The van der Waals surface area contributed by atoms with Crippen molar-refractivity contribution in [3.63, 3.8) is 0 Å². The number of hydrogen-bond donors (Lipinski definition) is 4. The van der Waals surface area contributed by atoms with Crippen molar-refractivity contribution in [2.45, 2.75) is 109 Å². The molecule has 1 aliphatic rings. The van der Waals surface area contributed by atoms with Gasteiger partial charge in [0, 0.05) is 17.1 Å². The Morgan fingerprint density at radius 1 is 1.04 bits per heavy atom. The molecule has 6 N–H and O–H groups in total. The molecular weight excluding hydrogens is 284 g/mol. The smallest absolute Gasteiger partial charge is 0.0548 e. The third-order valence-corrected chi connectivity index (χ3v) is 5.04. The summed E-state index contributed by atoms with van der Waals surface area (Å²) in [5.41, 5.74) is 12.3. The van der Waals surface area contributed by atoms with Gasteiger partial charge in [0.25, 0.3) is 0 Å².